The summed E-state index contributed by atoms with van der Waals surface area (Å²) >= 11 is 0. The van der Waals surface area contributed by atoms with Crippen LogP contribution in [0.5, 0.6) is 0 Å². The Morgan fingerprint density at radius 1 is 1.12 bits per heavy atom. The zero-order valence-electron chi connectivity index (χ0n) is 14.6. The van der Waals surface area contributed by atoms with Gasteiger partial charge >= 0.3 is 0 Å². The summed E-state index contributed by atoms with van der Waals surface area (Å²) in [6.45, 7) is 1.99. The van der Waals surface area contributed by atoms with Gasteiger partial charge in [0.15, 0.2) is 0 Å². The van der Waals surface area contributed by atoms with Gasteiger partial charge in [0.05, 0.1) is 6.26 Å². The largest absolute Gasteiger partial charge is 0.307 e. The number of amides is 1. The van der Waals surface area contributed by atoms with Crippen molar-refractivity contribution >= 4 is 21.6 Å². The number of benzene rings is 2. The van der Waals surface area contributed by atoms with E-state index < -0.39 is 16.1 Å². The molecule has 2 atom stereocenters. The lowest BCUT2D eigenvalue weighted by Gasteiger charge is -2.32. The van der Waals surface area contributed by atoms with Crippen molar-refractivity contribution in [3.05, 3.63) is 65.7 Å². The van der Waals surface area contributed by atoms with Gasteiger partial charge in [0.1, 0.15) is 6.04 Å². The number of sulfonamides is 1. The molecular formula is C19H22N2O3S. The Hall–Kier alpha value is -2.18. The molecule has 1 aliphatic heterocycles. The second-order valence-electron chi connectivity index (χ2n) is 6.48. The first-order valence-corrected chi connectivity index (χ1v) is 10.0. The van der Waals surface area contributed by atoms with E-state index in [2.05, 4.69) is 0 Å². The van der Waals surface area contributed by atoms with E-state index in [4.69, 9.17) is 0 Å². The number of carbonyl (C=O) groups is 1. The van der Waals surface area contributed by atoms with Crippen molar-refractivity contribution in [2.75, 3.05) is 18.2 Å². The lowest BCUT2D eigenvalue weighted by molar-refractivity contribution is -0.122. The first-order valence-electron chi connectivity index (χ1n) is 8.19. The fourth-order valence-corrected chi connectivity index (χ4v) is 3.96. The fourth-order valence-electron chi connectivity index (χ4n) is 3.37. The number of likely N-dealkylation sites (N-methyl/N-ethyl adjacent to an activating group) is 1. The molecule has 1 heterocycles. The zero-order valence-corrected chi connectivity index (χ0v) is 15.4. The van der Waals surface area contributed by atoms with E-state index in [9.17, 15) is 13.2 Å². The van der Waals surface area contributed by atoms with Crippen molar-refractivity contribution in [3.63, 3.8) is 0 Å². The molecule has 0 N–H and O–H groups in total. The van der Waals surface area contributed by atoms with Gasteiger partial charge in [0, 0.05) is 18.8 Å². The van der Waals surface area contributed by atoms with Gasteiger partial charge in [-0.25, -0.2) is 8.42 Å². The molecule has 0 aromatic heterocycles. The Bertz CT molecular complexity index is 881. The van der Waals surface area contributed by atoms with E-state index in [-0.39, 0.29) is 11.9 Å². The summed E-state index contributed by atoms with van der Waals surface area (Å²) in [5.74, 6) is -0.225. The molecule has 0 radical (unpaired) electrons. The van der Waals surface area contributed by atoms with Gasteiger partial charge in [-0.1, -0.05) is 48.5 Å². The average Bonchev–Trinajstić information content (AvgIpc) is 2.90. The Labute approximate surface area is 148 Å². The molecule has 1 amide bonds. The molecular weight excluding hydrogens is 336 g/mol. The van der Waals surface area contributed by atoms with E-state index in [0.29, 0.717) is 5.56 Å². The number of rotatable bonds is 4. The van der Waals surface area contributed by atoms with Crippen molar-refractivity contribution in [1.29, 1.82) is 0 Å². The van der Waals surface area contributed by atoms with Crippen molar-refractivity contribution in [2.45, 2.75) is 25.4 Å². The number of fused-ring (bicyclic) bond motifs is 1. The number of hydrogen-bond donors (Lipinski definition) is 0. The van der Waals surface area contributed by atoms with Crippen LogP contribution in [0.25, 0.3) is 0 Å². The highest BCUT2D eigenvalue weighted by Crippen LogP contribution is 2.35. The lowest BCUT2D eigenvalue weighted by atomic mass is 10.1. The second-order valence-corrected chi connectivity index (χ2v) is 8.52. The molecule has 0 spiro atoms. The summed E-state index contributed by atoms with van der Waals surface area (Å²) in [5, 5.41) is 0. The summed E-state index contributed by atoms with van der Waals surface area (Å²) in [6, 6.07) is 15.9. The van der Waals surface area contributed by atoms with Crippen LogP contribution in [0.4, 0.5) is 5.69 Å². The first-order chi connectivity index (χ1) is 11.8. The molecule has 0 saturated carbocycles. The number of carbonyl (C=O) groups excluding carboxylic acids is 1. The summed E-state index contributed by atoms with van der Waals surface area (Å²) in [4.78, 5) is 15.2. The molecule has 2 aromatic carbocycles. The summed E-state index contributed by atoms with van der Waals surface area (Å²) in [6.07, 6.45) is 1.89. The van der Waals surface area contributed by atoms with Crippen molar-refractivity contribution in [3.8, 4) is 0 Å². The molecule has 0 saturated heterocycles. The second kappa shape index (κ2) is 6.61. The highest BCUT2D eigenvalue weighted by Gasteiger charge is 2.39. The molecule has 5 nitrogen and oxygen atoms in total. The predicted octanol–water partition coefficient (Wildman–Crippen LogP) is 2.60. The van der Waals surface area contributed by atoms with Crippen molar-refractivity contribution in [1.82, 2.24) is 4.31 Å². The standard InChI is InChI=1S/C19H22N2O3S/c1-14-13-16-11-7-8-12-17(16)21(14)19(22)18(20(2)25(3,23)24)15-9-5-4-6-10-15/h4-12,14,18H,13H2,1-3H3/t14-,18+/m0/s1. The van der Waals surface area contributed by atoms with Crippen LogP contribution in [0, 0.1) is 0 Å². The minimum atomic E-state index is -3.53. The molecule has 1 aliphatic rings. The fraction of sp³-hybridized carbons (Fsp3) is 0.316. The third-order valence-corrected chi connectivity index (χ3v) is 5.94. The average molecular weight is 358 g/mol. The van der Waals surface area contributed by atoms with Crippen LogP contribution in [-0.2, 0) is 21.2 Å². The number of para-hydroxylation sites is 1. The van der Waals surface area contributed by atoms with Gasteiger partial charge in [0.25, 0.3) is 0 Å². The van der Waals surface area contributed by atoms with Gasteiger partial charge in [-0.15, -0.1) is 0 Å². The van der Waals surface area contributed by atoms with E-state index >= 15 is 0 Å². The minimum Gasteiger partial charge on any atom is -0.307 e. The van der Waals surface area contributed by atoms with Gasteiger partial charge < -0.3 is 4.90 Å². The Kier molecular flexibility index (Phi) is 4.67. The van der Waals surface area contributed by atoms with E-state index in [1.807, 2.05) is 49.4 Å². The summed E-state index contributed by atoms with van der Waals surface area (Å²) < 4.78 is 25.4. The van der Waals surface area contributed by atoms with Crippen LogP contribution in [0.1, 0.15) is 24.1 Å². The van der Waals surface area contributed by atoms with Crippen molar-refractivity contribution in [2.24, 2.45) is 0 Å². The quantitative estimate of drug-likeness (QED) is 0.844. The first kappa shape index (κ1) is 17.6. The van der Waals surface area contributed by atoms with Crippen LogP contribution in [0.3, 0.4) is 0 Å². The number of hydrogen-bond acceptors (Lipinski definition) is 3. The molecule has 0 aliphatic carbocycles. The van der Waals surface area contributed by atoms with Crippen LogP contribution >= 0.6 is 0 Å². The number of anilines is 1. The van der Waals surface area contributed by atoms with E-state index in [1.165, 1.54) is 7.05 Å². The van der Waals surface area contributed by atoms with E-state index in [1.54, 1.807) is 17.0 Å². The normalized spacial score (nSPS) is 18.2. The molecule has 25 heavy (non-hydrogen) atoms. The third kappa shape index (κ3) is 3.32. The monoisotopic (exact) mass is 358 g/mol. The summed E-state index contributed by atoms with van der Waals surface area (Å²) in [5.41, 5.74) is 2.64. The Morgan fingerprint density at radius 2 is 1.72 bits per heavy atom. The molecule has 0 fully saturated rings. The number of nitrogens with zero attached hydrogens (tertiary/aromatic N) is 2. The predicted molar refractivity (Wildman–Crippen MR) is 98.9 cm³/mol. The highest BCUT2D eigenvalue weighted by molar-refractivity contribution is 7.88. The van der Waals surface area contributed by atoms with E-state index in [0.717, 1.165) is 28.2 Å². The summed E-state index contributed by atoms with van der Waals surface area (Å²) in [7, 11) is -2.08. The lowest BCUT2D eigenvalue weighted by Crippen LogP contribution is -2.45. The van der Waals surface area contributed by atoms with Crippen LogP contribution < -0.4 is 4.90 Å². The van der Waals surface area contributed by atoms with Crippen LogP contribution in [-0.4, -0.2) is 38.0 Å². The molecule has 2 aromatic rings. The smallest absolute Gasteiger partial charge is 0.250 e. The molecule has 3 rings (SSSR count). The van der Waals surface area contributed by atoms with Gasteiger partial charge in [0.2, 0.25) is 15.9 Å². The molecule has 0 bridgehead atoms. The van der Waals surface area contributed by atoms with Crippen molar-refractivity contribution < 1.29 is 13.2 Å². The zero-order chi connectivity index (χ0) is 18.2. The maximum atomic E-state index is 13.4. The third-order valence-electron chi connectivity index (χ3n) is 4.68. The van der Waals surface area contributed by atoms with Gasteiger partial charge in [-0.05, 0) is 30.5 Å². The maximum absolute atomic E-state index is 13.4. The highest BCUT2D eigenvalue weighted by atomic mass is 32.2. The van der Waals surface area contributed by atoms with Crippen LogP contribution in [0.15, 0.2) is 54.6 Å². The SMILES string of the molecule is C[C@H]1Cc2ccccc2N1C(=O)[C@@H](c1ccccc1)N(C)S(C)(=O)=O. The molecule has 0 unspecified atom stereocenters. The van der Waals surface area contributed by atoms with Gasteiger partial charge in [-0.2, -0.15) is 4.31 Å². The minimum absolute atomic E-state index is 0.0101. The van der Waals surface area contributed by atoms with Crippen LogP contribution in [0.2, 0.25) is 0 Å². The maximum Gasteiger partial charge on any atom is 0.250 e. The topological polar surface area (TPSA) is 57.7 Å². The molecule has 132 valence electrons. The Balaban J connectivity index is 2.06. The Morgan fingerprint density at radius 3 is 2.36 bits per heavy atom. The van der Waals surface area contributed by atoms with Gasteiger partial charge in [-0.3, -0.25) is 4.79 Å². The molecule has 6 heteroatoms.